The van der Waals surface area contributed by atoms with Crippen molar-refractivity contribution in [1.29, 1.82) is 0 Å². The van der Waals surface area contributed by atoms with Crippen LogP contribution in [0.15, 0.2) is 102 Å². The minimum Gasteiger partial charge on any atom is -0.308 e. The van der Waals surface area contributed by atoms with E-state index in [0.29, 0.717) is 0 Å². The topological polar surface area (TPSA) is 4.93 Å². The third-order valence-electron chi connectivity index (χ3n) is 4.87. The van der Waals surface area contributed by atoms with E-state index >= 15 is 0 Å². The Balaban J connectivity index is 1.87. The lowest BCUT2D eigenvalue weighted by Crippen LogP contribution is -1.94. The number of rotatable bonds is 2. The van der Waals surface area contributed by atoms with Crippen LogP contribution in [-0.4, -0.2) is 4.57 Å². The highest BCUT2D eigenvalue weighted by atomic mass is 79.9. The molecule has 124 valence electrons. The largest absolute Gasteiger partial charge is 0.308 e. The Kier molecular flexibility index (Phi) is 3.65. The van der Waals surface area contributed by atoms with Crippen LogP contribution in [0, 0.1) is 0 Å². The second-order valence-electron chi connectivity index (χ2n) is 6.40. The van der Waals surface area contributed by atoms with Crippen LogP contribution in [-0.2, 0) is 0 Å². The molecule has 0 spiro atoms. The molecule has 4 aromatic carbocycles. The Morgan fingerprint density at radius 1 is 0.538 bits per heavy atom. The summed E-state index contributed by atoms with van der Waals surface area (Å²) in [7, 11) is 0. The van der Waals surface area contributed by atoms with Gasteiger partial charge in [0.15, 0.2) is 0 Å². The Bertz CT molecular complexity index is 1240. The third-order valence-corrected chi connectivity index (χ3v) is 5.54. The summed E-state index contributed by atoms with van der Waals surface area (Å²) in [6, 6.07) is 34.3. The molecule has 0 aliphatic rings. The highest BCUT2D eigenvalue weighted by Crippen LogP contribution is 2.36. The molecule has 5 rings (SSSR count). The van der Waals surface area contributed by atoms with Crippen LogP contribution in [0.2, 0.25) is 0 Å². The molecular formula is C24H16BrN. The molecule has 1 nitrogen and oxygen atoms in total. The Morgan fingerprint density at radius 3 is 2.08 bits per heavy atom. The zero-order valence-corrected chi connectivity index (χ0v) is 15.6. The van der Waals surface area contributed by atoms with Gasteiger partial charge in [0.1, 0.15) is 0 Å². The molecular weight excluding hydrogens is 382 g/mol. The van der Waals surface area contributed by atoms with E-state index in [1.165, 1.54) is 32.9 Å². The first-order valence-corrected chi connectivity index (χ1v) is 9.46. The molecule has 1 aromatic heterocycles. The van der Waals surface area contributed by atoms with Crippen molar-refractivity contribution < 1.29 is 0 Å². The average molecular weight is 398 g/mol. The van der Waals surface area contributed by atoms with Crippen LogP contribution in [0.3, 0.4) is 0 Å². The number of hydrogen-bond acceptors (Lipinski definition) is 0. The van der Waals surface area contributed by atoms with Crippen molar-refractivity contribution in [3.8, 4) is 16.8 Å². The minimum absolute atomic E-state index is 1.09. The van der Waals surface area contributed by atoms with Gasteiger partial charge in [-0.3, -0.25) is 0 Å². The molecule has 0 atom stereocenters. The number of nitrogens with zero attached hydrogens (tertiary/aromatic N) is 1. The molecule has 5 aromatic rings. The van der Waals surface area contributed by atoms with Gasteiger partial charge in [-0.25, -0.2) is 0 Å². The van der Waals surface area contributed by atoms with Gasteiger partial charge in [-0.1, -0.05) is 66.7 Å². The molecule has 0 amide bonds. The average Bonchev–Trinajstić information content (AvgIpc) is 3.03. The molecule has 0 aliphatic carbocycles. The summed E-state index contributed by atoms with van der Waals surface area (Å²) in [6.45, 7) is 0. The van der Waals surface area contributed by atoms with Gasteiger partial charge in [-0.2, -0.15) is 0 Å². The Hall–Kier alpha value is -2.84. The van der Waals surface area contributed by atoms with E-state index in [9.17, 15) is 0 Å². The van der Waals surface area contributed by atoms with Gasteiger partial charge in [0.05, 0.1) is 16.7 Å². The quantitative estimate of drug-likeness (QED) is 0.296. The number of halogens is 1. The molecule has 0 bridgehead atoms. The van der Waals surface area contributed by atoms with Gasteiger partial charge >= 0.3 is 0 Å². The minimum atomic E-state index is 1.09. The first-order chi connectivity index (χ1) is 12.8. The zero-order valence-electron chi connectivity index (χ0n) is 14.1. The number of benzene rings is 4. The maximum atomic E-state index is 3.72. The lowest BCUT2D eigenvalue weighted by atomic mass is 10.0. The molecule has 0 N–H and O–H groups in total. The van der Waals surface area contributed by atoms with Crippen molar-refractivity contribution in [2.45, 2.75) is 0 Å². The number of para-hydroxylation sites is 2. The van der Waals surface area contributed by atoms with E-state index in [1.807, 2.05) is 0 Å². The summed E-state index contributed by atoms with van der Waals surface area (Å²) in [4.78, 5) is 0. The lowest BCUT2D eigenvalue weighted by molar-refractivity contribution is 1.17. The van der Waals surface area contributed by atoms with Crippen LogP contribution in [0.25, 0.3) is 38.6 Å². The molecule has 0 unspecified atom stereocenters. The van der Waals surface area contributed by atoms with Crippen LogP contribution >= 0.6 is 15.9 Å². The molecule has 2 heteroatoms. The van der Waals surface area contributed by atoms with Crippen molar-refractivity contribution in [2.24, 2.45) is 0 Å². The predicted molar refractivity (Wildman–Crippen MR) is 114 cm³/mol. The third kappa shape index (κ3) is 2.38. The molecule has 26 heavy (non-hydrogen) atoms. The maximum absolute atomic E-state index is 3.72. The predicted octanol–water partition coefficient (Wildman–Crippen LogP) is 7.21. The van der Waals surface area contributed by atoms with Crippen LogP contribution in [0.1, 0.15) is 0 Å². The monoisotopic (exact) mass is 397 g/mol. The number of hydrogen-bond donors (Lipinski definition) is 0. The maximum Gasteiger partial charge on any atom is 0.0604 e. The molecule has 1 heterocycles. The van der Waals surface area contributed by atoms with Gasteiger partial charge in [0, 0.05) is 15.2 Å². The second kappa shape index (κ2) is 6.15. The SMILES string of the molecule is Brc1ccccc1-n1c2ccccc2c2cc(-c3ccccc3)ccc21. The molecule has 0 radical (unpaired) electrons. The fourth-order valence-corrected chi connectivity index (χ4v) is 4.14. The fraction of sp³-hybridized carbons (Fsp3) is 0. The summed E-state index contributed by atoms with van der Waals surface area (Å²) in [5.41, 5.74) is 6.09. The van der Waals surface area contributed by atoms with E-state index < -0.39 is 0 Å². The van der Waals surface area contributed by atoms with Crippen molar-refractivity contribution >= 4 is 37.7 Å². The molecule has 0 saturated carbocycles. The van der Waals surface area contributed by atoms with E-state index in [0.717, 1.165) is 10.2 Å². The van der Waals surface area contributed by atoms with Crippen molar-refractivity contribution in [1.82, 2.24) is 4.57 Å². The Labute approximate surface area is 160 Å². The summed E-state index contributed by atoms with van der Waals surface area (Å²) in [5.74, 6) is 0. The van der Waals surface area contributed by atoms with Crippen molar-refractivity contribution in [3.05, 3.63) is 102 Å². The van der Waals surface area contributed by atoms with Gasteiger partial charge in [0.2, 0.25) is 0 Å². The van der Waals surface area contributed by atoms with Crippen LogP contribution in [0.5, 0.6) is 0 Å². The summed E-state index contributed by atoms with van der Waals surface area (Å²) in [6.07, 6.45) is 0. The van der Waals surface area contributed by atoms with E-state index in [1.54, 1.807) is 0 Å². The normalized spacial score (nSPS) is 11.3. The molecule has 0 fully saturated rings. The second-order valence-corrected chi connectivity index (χ2v) is 7.26. The Morgan fingerprint density at radius 2 is 1.23 bits per heavy atom. The zero-order chi connectivity index (χ0) is 17.5. The van der Waals surface area contributed by atoms with E-state index in [4.69, 9.17) is 0 Å². The first-order valence-electron chi connectivity index (χ1n) is 8.66. The van der Waals surface area contributed by atoms with Crippen LogP contribution in [0.4, 0.5) is 0 Å². The molecule has 0 saturated heterocycles. The summed E-state index contributed by atoms with van der Waals surface area (Å²) >= 11 is 3.72. The summed E-state index contributed by atoms with van der Waals surface area (Å²) < 4.78 is 3.43. The van der Waals surface area contributed by atoms with Gasteiger partial charge in [0.25, 0.3) is 0 Å². The fourth-order valence-electron chi connectivity index (χ4n) is 3.68. The van der Waals surface area contributed by atoms with Crippen molar-refractivity contribution in [2.75, 3.05) is 0 Å². The van der Waals surface area contributed by atoms with E-state index in [-0.39, 0.29) is 0 Å². The highest BCUT2D eigenvalue weighted by molar-refractivity contribution is 9.10. The summed E-state index contributed by atoms with van der Waals surface area (Å²) in [5, 5.41) is 2.55. The molecule has 0 aliphatic heterocycles. The highest BCUT2D eigenvalue weighted by Gasteiger charge is 2.14. The van der Waals surface area contributed by atoms with Crippen molar-refractivity contribution in [3.63, 3.8) is 0 Å². The van der Waals surface area contributed by atoms with Gasteiger partial charge < -0.3 is 4.57 Å². The smallest absolute Gasteiger partial charge is 0.0604 e. The van der Waals surface area contributed by atoms with Gasteiger partial charge in [-0.05, 0) is 57.4 Å². The number of aromatic nitrogens is 1. The van der Waals surface area contributed by atoms with Crippen LogP contribution < -0.4 is 0 Å². The van der Waals surface area contributed by atoms with Gasteiger partial charge in [-0.15, -0.1) is 0 Å². The first kappa shape index (κ1) is 15.4. The van der Waals surface area contributed by atoms with E-state index in [2.05, 4.69) is 118 Å². The standard InChI is InChI=1S/C24H16BrN/c25-21-11-5-7-13-24(21)26-22-12-6-4-10-19(22)20-16-18(14-15-23(20)26)17-8-2-1-3-9-17/h1-16H. The lowest BCUT2D eigenvalue weighted by Gasteiger charge is -2.10. The number of fused-ring (bicyclic) bond motifs is 3.